The number of fused-ring (bicyclic) bond motifs is 1. The molecule has 6 atom stereocenters. The van der Waals surface area contributed by atoms with Gasteiger partial charge in [0.25, 0.3) is 17.5 Å². The van der Waals surface area contributed by atoms with Crippen molar-refractivity contribution < 1.29 is 48.3 Å². The second kappa shape index (κ2) is 14.8. The Morgan fingerprint density at radius 3 is 2.29 bits per heavy atom. The van der Waals surface area contributed by atoms with Crippen molar-refractivity contribution >= 4 is 23.6 Å². The first kappa shape index (κ1) is 33.5. The van der Waals surface area contributed by atoms with Gasteiger partial charge in [-0.05, 0) is 38.2 Å². The van der Waals surface area contributed by atoms with Crippen molar-refractivity contribution in [3.63, 3.8) is 0 Å². The van der Waals surface area contributed by atoms with Gasteiger partial charge in [0.2, 0.25) is 0 Å². The number of ketones is 2. The van der Waals surface area contributed by atoms with Crippen LogP contribution in [0.4, 0.5) is 4.79 Å². The van der Waals surface area contributed by atoms with Gasteiger partial charge in [-0.25, -0.2) is 4.79 Å². The predicted octanol–water partition coefficient (Wildman–Crippen LogP) is 2.29. The molecule has 2 rings (SSSR count). The molecule has 0 aromatic carbocycles. The Hall–Kier alpha value is -3.74. The molecule has 0 radical (unpaired) electrons. The molecule has 1 heterocycles. The molecule has 2 aliphatic rings. The summed E-state index contributed by atoms with van der Waals surface area (Å²) in [6.45, 7) is 6.76. The number of amides is 2. The van der Waals surface area contributed by atoms with E-state index in [2.05, 4.69) is 5.32 Å². The summed E-state index contributed by atoms with van der Waals surface area (Å²) in [7, 11) is 4.07. The number of allylic oxidation sites excluding steroid dienone is 5. The zero-order valence-corrected chi connectivity index (χ0v) is 24.4. The van der Waals surface area contributed by atoms with Crippen LogP contribution in [-0.4, -0.2) is 79.5 Å². The molecule has 2 bridgehead atoms. The van der Waals surface area contributed by atoms with E-state index in [0.29, 0.717) is 12.0 Å². The summed E-state index contributed by atoms with van der Waals surface area (Å²) in [5, 5.41) is 24.5. The summed E-state index contributed by atoms with van der Waals surface area (Å²) >= 11 is 0. The van der Waals surface area contributed by atoms with Gasteiger partial charge in [-0.2, -0.15) is 0 Å². The second-order valence-corrected chi connectivity index (χ2v) is 10.2. The Kier molecular flexibility index (Phi) is 12.1. The molecule has 2 amide bonds. The number of primary amides is 1. The maximum absolute atomic E-state index is 12.9. The van der Waals surface area contributed by atoms with Crippen LogP contribution >= 0.6 is 0 Å². The maximum Gasteiger partial charge on any atom is 0.405 e. The SMILES string of the molecule is COC1=C2C[C@H](C)C[C@H](OC)[C@H](O)[C@H](C)/C=C(\C)[C@H](OC(N)=O)[C@H](OC)/C=C/C=C(\C)C(=O)NC(=C2O)C(=O)C1=O. The van der Waals surface area contributed by atoms with Gasteiger partial charge in [0.05, 0.1) is 19.3 Å². The zero-order chi connectivity index (χ0) is 31.0. The van der Waals surface area contributed by atoms with E-state index in [0.717, 1.165) is 0 Å². The number of hydrogen-bond acceptors (Lipinski definition) is 10. The fourth-order valence-electron chi connectivity index (χ4n) is 4.84. The minimum Gasteiger partial charge on any atom is -0.505 e. The zero-order valence-electron chi connectivity index (χ0n) is 24.4. The summed E-state index contributed by atoms with van der Waals surface area (Å²) in [5.74, 6) is -4.51. The highest BCUT2D eigenvalue weighted by molar-refractivity contribution is 6.50. The molecule has 0 spiro atoms. The molecule has 5 N–H and O–H groups in total. The minimum absolute atomic E-state index is 0.0573. The smallest absolute Gasteiger partial charge is 0.405 e. The number of Topliss-reactive ketones (excluding diaryl/α,β-unsaturated/α-hetero) is 2. The van der Waals surface area contributed by atoms with Gasteiger partial charge in [-0.15, -0.1) is 0 Å². The van der Waals surface area contributed by atoms with Crippen LogP contribution in [0.1, 0.15) is 40.5 Å². The van der Waals surface area contributed by atoms with Crippen LogP contribution in [-0.2, 0) is 33.3 Å². The molecule has 1 aliphatic heterocycles. The quantitative estimate of drug-likeness (QED) is 0.220. The van der Waals surface area contributed by atoms with Gasteiger partial charge in [0, 0.05) is 31.3 Å². The van der Waals surface area contributed by atoms with E-state index in [1.165, 1.54) is 46.5 Å². The summed E-state index contributed by atoms with van der Waals surface area (Å²) in [6.07, 6.45) is 2.06. The van der Waals surface area contributed by atoms with E-state index in [1.54, 1.807) is 19.9 Å². The molecular formula is C29H40N2O10. The molecule has 0 fully saturated rings. The number of hydrogen-bond donors (Lipinski definition) is 4. The first-order chi connectivity index (χ1) is 19.3. The third kappa shape index (κ3) is 8.15. The summed E-state index contributed by atoms with van der Waals surface area (Å²) in [4.78, 5) is 50.2. The Bertz CT molecular complexity index is 1200. The van der Waals surface area contributed by atoms with Crippen LogP contribution in [0.3, 0.4) is 0 Å². The summed E-state index contributed by atoms with van der Waals surface area (Å²) < 4.78 is 21.6. The van der Waals surface area contributed by atoms with E-state index >= 15 is 0 Å². The molecule has 0 saturated carbocycles. The molecule has 0 aromatic heterocycles. The lowest BCUT2D eigenvalue weighted by atomic mass is 9.85. The van der Waals surface area contributed by atoms with Crippen molar-refractivity contribution in [3.05, 3.63) is 58.2 Å². The number of carbonyl (C=O) groups excluding carboxylic acids is 4. The average molecular weight is 577 g/mol. The van der Waals surface area contributed by atoms with Crippen molar-refractivity contribution in [1.29, 1.82) is 0 Å². The fraction of sp³-hybridized carbons (Fsp3) is 0.517. The minimum atomic E-state index is -1.12. The van der Waals surface area contributed by atoms with Crippen LogP contribution in [0.2, 0.25) is 0 Å². The Balaban J connectivity index is 2.67. The Morgan fingerprint density at radius 1 is 1.07 bits per heavy atom. The lowest BCUT2D eigenvalue weighted by Gasteiger charge is -2.30. The highest BCUT2D eigenvalue weighted by Gasteiger charge is 2.38. The van der Waals surface area contributed by atoms with Gasteiger partial charge >= 0.3 is 6.09 Å². The monoisotopic (exact) mass is 576 g/mol. The van der Waals surface area contributed by atoms with Crippen molar-refractivity contribution in [2.75, 3.05) is 21.3 Å². The molecule has 0 saturated heterocycles. The number of rotatable bonds is 4. The Morgan fingerprint density at radius 2 is 1.73 bits per heavy atom. The average Bonchev–Trinajstić information content (AvgIpc) is 2.92. The summed E-state index contributed by atoms with van der Waals surface area (Å²) in [5.41, 5.74) is 5.50. The van der Waals surface area contributed by atoms with Crippen molar-refractivity contribution in [1.82, 2.24) is 5.32 Å². The van der Waals surface area contributed by atoms with Crippen LogP contribution in [0.25, 0.3) is 0 Å². The van der Waals surface area contributed by atoms with Crippen LogP contribution in [0.5, 0.6) is 0 Å². The van der Waals surface area contributed by atoms with E-state index in [4.69, 9.17) is 24.7 Å². The van der Waals surface area contributed by atoms with E-state index in [-0.39, 0.29) is 29.2 Å². The standard InChI is InChI=1S/C29H40N2O10/c1-14-11-18-23(33)21(24(34)25(35)27(18)40-7)31-28(36)15(2)9-8-10-19(38-5)26(41-29(30)37)17(4)13-16(3)22(32)20(12-14)39-6/h8-10,13-14,16,19-20,22,26,32-33H,11-12H2,1-7H3,(H2,30,37)(H,31,36)/b10-8+,15-9+,17-13+/t14-,16+,19+,20-,22+,26-/m0/s1. The molecule has 41 heavy (non-hydrogen) atoms. The highest BCUT2D eigenvalue weighted by atomic mass is 16.6. The van der Waals surface area contributed by atoms with E-state index < -0.39 is 65.4 Å². The number of nitrogens with one attached hydrogen (secondary N) is 1. The van der Waals surface area contributed by atoms with E-state index in [9.17, 15) is 29.4 Å². The Labute approximate surface area is 239 Å². The van der Waals surface area contributed by atoms with E-state index in [1.807, 2.05) is 6.92 Å². The molecule has 12 nitrogen and oxygen atoms in total. The first-order valence-electron chi connectivity index (χ1n) is 13.1. The maximum atomic E-state index is 12.9. The van der Waals surface area contributed by atoms with Gasteiger partial charge in [-0.1, -0.05) is 38.2 Å². The largest absolute Gasteiger partial charge is 0.505 e. The van der Waals surface area contributed by atoms with Gasteiger partial charge in [-0.3, -0.25) is 14.4 Å². The van der Waals surface area contributed by atoms with Crippen LogP contribution < -0.4 is 11.1 Å². The number of ether oxygens (including phenoxy) is 4. The number of aliphatic hydroxyl groups excluding tert-OH is 2. The number of methoxy groups -OCH3 is 3. The van der Waals surface area contributed by atoms with Crippen LogP contribution in [0, 0.1) is 11.8 Å². The topological polar surface area (TPSA) is 184 Å². The lowest BCUT2D eigenvalue weighted by molar-refractivity contribution is -0.135. The van der Waals surface area contributed by atoms with Gasteiger partial charge < -0.3 is 40.2 Å². The lowest BCUT2D eigenvalue weighted by Crippen LogP contribution is -2.38. The van der Waals surface area contributed by atoms with Crippen molar-refractivity contribution in [2.45, 2.75) is 65.0 Å². The van der Waals surface area contributed by atoms with Crippen molar-refractivity contribution in [2.24, 2.45) is 17.6 Å². The predicted molar refractivity (Wildman–Crippen MR) is 148 cm³/mol. The normalized spacial score (nSPS) is 32.4. The van der Waals surface area contributed by atoms with Crippen LogP contribution in [0.15, 0.2) is 58.2 Å². The van der Waals surface area contributed by atoms with Gasteiger partial charge in [0.1, 0.15) is 17.6 Å². The summed E-state index contributed by atoms with van der Waals surface area (Å²) in [6, 6.07) is 0. The highest BCUT2D eigenvalue weighted by Crippen LogP contribution is 2.32. The van der Waals surface area contributed by atoms with Crippen molar-refractivity contribution in [3.8, 4) is 0 Å². The van der Waals surface area contributed by atoms with Gasteiger partial charge in [0.15, 0.2) is 11.9 Å². The third-order valence-electron chi connectivity index (χ3n) is 7.08. The fourth-order valence-corrected chi connectivity index (χ4v) is 4.84. The number of aliphatic hydroxyl groups is 2. The molecule has 0 unspecified atom stereocenters. The number of nitrogens with two attached hydrogens (primary N) is 1. The molecule has 12 heteroatoms. The number of carbonyl (C=O) groups is 4. The molecule has 226 valence electrons. The third-order valence-corrected chi connectivity index (χ3v) is 7.08. The molecule has 1 aliphatic carbocycles. The molecule has 0 aromatic rings. The molecular weight excluding hydrogens is 536 g/mol. The first-order valence-corrected chi connectivity index (χ1v) is 13.1. The second-order valence-electron chi connectivity index (χ2n) is 10.2.